The zero-order chi connectivity index (χ0) is 107. The molecule has 6 atom stereocenters. The Morgan fingerprint density at radius 3 is 0.551 bits per heavy atom. The number of hydrogen-bond acceptors (Lipinski definition) is 21. The Kier molecular flexibility index (Phi) is 56.3. The lowest BCUT2D eigenvalue weighted by atomic mass is 10.1. The van der Waals surface area contributed by atoms with Gasteiger partial charge in [-0.3, -0.25) is 43.2 Å². The molecule has 0 fully saturated rings. The van der Waals surface area contributed by atoms with E-state index in [0.717, 1.165) is 135 Å². The Morgan fingerprint density at radius 2 is 0.388 bits per heavy atom. The second-order valence-electron chi connectivity index (χ2n) is 41.8. The molecule has 7 rings (SSSR count). The molecule has 816 valence electrons. The fourth-order valence-electron chi connectivity index (χ4n) is 15.6. The van der Waals surface area contributed by atoms with Crippen LogP contribution in [0, 0.1) is 35.5 Å². The van der Waals surface area contributed by atoms with Crippen LogP contribution in [0.15, 0.2) is 120 Å². The fourth-order valence-corrected chi connectivity index (χ4v) is 15.6. The van der Waals surface area contributed by atoms with E-state index < -0.39 is 87.7 Å². The summed E-state index contributed by atoms with van der Waals surface area (Å²) in [5.74, 6) is -0.0938. The molecule has 1 aromatic heterocycles. The largest absolute Gasteiger partial charge is 0.490 e. The standard InChI is InChI=1S/C117H177N9O21/c1-22-25-28-31-34-37-46-118-109(127)88-55-91-61-92(56-88)122-113(131)98-65-100(106(145-73-85(19)139-52-43-79(10)11)68-104(98)143-71-83(17)137-50-41-77(6)7)115(133)124-94-58-90(111(129)120-48-39-36-33-30-27-24-3)60-96(63-94)126-117(135)102-66-101(107(146-74-86(20)140-53-44-80(12)13)69-108(102)147-75-87(21)141-54-45-81(14)15)116(134)125-95-59-89(110(128)119-47-38-35-32-29-26-23-2)57-93(62-95)123-114(132)99-64-97(112(130)121-91)103(142-70-82(16)136-49-40-76(4)5)67-105(99)144-72-84(18)138-51-42-78(8)9/h55-69,76-87H,22-54,70-75H2,1-21H3,(H,118,127)(H,119,128)(H,120,129)(H,121,130)(H,122,131)(H,123,132)(H,124,133)(H,125,134)(H,126,135)/t82-,83-,84-,85-,86-,87-/m0/s1. The predicted molar refractivity (Wildman–Crippen MR) is 594 cm³/mol. The van der Waals surface area contributed by atoms with Crippen molar-refractivity contribution in [1.82, 2.24) is 45.9 Å². The predicted octanol–water partition coefficient (Wildman–Crippen LogP) is 23.0. The van der Waals surface area contributed by atoms with Crippen LogP contribution in [0.1, 0.15) is 331 Å². The van der Waals surface area contributed by atoms with Gasteiger partial charge < -0.3 is 103 Å². The molecule has 30 nitrogen and oxygen atoms in total. The van der Waals surface area contributed by atoms with E-state index in [0.29, 0.717) is 94.4 Å². The maximum Gasteiger partial charge on any atom is 0.259 e. The zero-order valence-corrected chi connectivity index (χ0v) is 92.2. The topological polar surface area (TPSA) is 395 Å². The lowest BCUT2D eigenvalue weighted by molar-refractivity contribution is 0.0256. The Hall–Kier alpha value is -10.9. The number of amides is 3. The van der Waals surface area contributed by atoms with Crippen molar-refractivity contribution in [3.05, 3.63) is 170 Å². The van der Waals surface area contributed by atoms with E-state index in [-0.39, 0.29) is 176 Å². The van der Waals surface area contributed by atoms with Crippen molar-refractivity contribution in [1.29, 1.82) is 0 Å². The summed E-state index contributed by atoms with van der Waals surface area (Å²) < 4.78 is 77.7. The van der Waals surface area contributed by atoms with Gasteiger partial charge in [-0.15, -0.1) is 0 Å². The molecular formula is C117H177N9O21. The van der Waals surface area contributed by atoms with Gasteiger partial charge in [0.2, 0.25) is 0 Å². The van der Waals surface area contributed by atoms with Gasteiger partial charge in [-0.25, -0.2) is 0 Å². The Morgan fingerprint density at radius 1 is 0.224 bits per heavy atom. The number of unbranched alkanes of at least 4 members (excludes halogenated alkanes) is 15. The molecule has 0 saturated carbocycles. The minimum absolute atomic E-state index is 0.00793. The van der Waals surface area contributed by atoms with Crippen molar-refractivity contribution in [3.63, 3.8) is 0 Å². The Labute approximate surface area is 870 Å². The molecule has 30 heteroatoms. The van der Waals surface area contributed by atoms with E-state index in [1.807, 2.05) is 41.5 Å². The lowest BCUT2D eigenvalue weighted by Crippen LogP contribution is -2.24. The summed E-state index contributed by atoms with van der Waals surface area (Å²) in [7, 11) is 0. The summed E-state index contributed by atoms with van der Waals surface area (Å²) in [6.45, 7) is 45.1. The number of fused-ring (bicyclic) bond motifs is 12. The van der Waals surface area contributed by atoms with Crippen molar-refractivity contribution in [3.8, 4) is 34.5 Å². The maximum atomic E-state index is 16.1. The molecule has 147 heavy (non-hydrogen) atoms. The van der Waals surface area contributed by atoms with E-state index in [9.17, 15) is 14.4 Å². The highest BCUT2D eigenvalue weighted by Gasteiger charge is 2.23. The second kappa shape index (κ2) is 67.2. The van der Waals surface area contributed by atoms with Crippen molar-refractivity contribution in [2.24, 2.45) is 35.5 Å². The summed E-state index contributed by atoms with van der Waals surface area (Å²) >= 11 is 0. The van der Waals surface area contributed by atoms with Crippen LogP contribution < -0.4 is 77.7 Å². The molecule has 0 aliphatic carbocycles. The monoisotopic (exact) mass is 2040 g/mol. The van der Waals surface area contributed by atoms with Gasteiger partial charge in [-0.1, -0.05) is 200 Å². The van der Waals surface area contributed by atoms with Crippen LogP contribution in [0.5, 0.6) is 34.5 Å². The van der Waals surface area contributed by atoms with Gasteiger partial charge in [0, 0.05) is 127 Å². The normalized spacial score (nSPS) is 12.8. The first-order chi connectivity index (χ1) is 70.4. The SMILES string of the molecule is CCCCCCCCNC(=O)c1cc2cc(c1)[nH]c(=O)c1cc(c(OC[C@H](C)OCCC(C)C)cc1OC[C@H](C)OCCC(C)C)c(=O)[nH]c1cc(C(=O)NCCCCCCCC)cc(c1)[nH]c(=O)c1cc(c(OC[C@H](C)OCCC(C)C)cc1OC[C@H](C)OCCC(C)C)c(=O)[nH]c1cc(C(=O)NCCCCCCCC)cc(c1)[nH]c(=O)c1cc(c(OC[C@H](C)OCCC(C)C)cc1OC[C@H](C)OCCC(C)C)c(=O)[nH]2. The third-order valence-corrected chi connectivity index (χ3v) is 24.7. The van der Waals surface area contributed by atoms with Crippen LogP contribution in [0.3, 0.4) is 0 Å². The minimum Gasteiger partial charge on any atom is -0.490 e. The van der Waals surface area contributed by atoms with Crippen LogP contribution in [-0.4, -0.2) is 183 Å². The molecular weight excluding hydrogens is 1870 g/mol. The minimum atomic E-state index is -0.866. The summed E-state index contributed by atoms with van der Waals surface area (Å²) in [5, 5.41) is 7.87. The average molecular weight is 2050 g/mol. The molecule has 9 N–H and O–H groups in total. The molecule has 7 aromatic rings. The molecule has 6 aromatic carbocycles. The van der Waals surface area contributed by atoms with E-state index >= 15 is 28.8 Å². The van der Waals surface area contributed by atoms with E-state index in [4.69, 9.17) is 56.8 Å². The third kappa shape index (κ3) is 46.8. The summed E-state index contributed by atoms with van der Waals surface area (Å²) in [6.07, 6.45) is 18.1. The van der Waals surface area contributed by atoms with Crippen LogP contribution in [-0.2, 0) is 28.4 Å². The highest BCUT2D eigenvalue weighted by atomic mass is 16.6. The summed E-state index contributed by atoms with van der Waals surface area (Å²) in [5.41, 5.74) is -5.27. The number of carbonyl (C=O) groups excluding carboxylic acids is 3. The number of nitrogens with one attached hydrogen (secondary N) is 9. The van der Waals surface area contributed by atoms with Crippen molar-refractivity contribution in [2.75, 3.05) is 98.9 Å². The number of ether oxygens (including phenoxy) is 12. The van der Waals surface area contributed by atoms with Crippen LogP contribution in [0.4, 0.5) is 0 Å². The van der Waals surface area contributed by atoms with Crippen molar-refractivity contribution in [2.45, 2.75) is 336 Å². The van der Waals surface area contributed by atoms with Gasteiger partial charge >= 0.3 is 0 Å². The van der Waals surface area contributed by atoms with Gasteiger partial charge in [0.15, 0.2) is 0 Å². The smallest absolute Gasteiger partial charge is 0.259 e. The Balaban J connectivity index is 1.84. The number of rotatable bonds is 66. The zero-order valence-electron chi connectivity index (χ0n) is 92.2. The highest BCUT2D eigenvalue weighted by molar-refractivity contribution is 5.99. The number of benzene rings is 6. The van der Waals surface area contributed by atoms with Crippen LogP contribution in [0.25, 0.3) is 65.4 Å². The number of carbonyl (C=O) groups is 3. The first kappa shape index (κ1) is 123. The van der Waals surface area contributed by atoms with Crippen molar-refractivity contribution < 1.29 is 71.2 Å². The Bertz CT molecular complexity index is 5120. The van der Waals surface area contributed by atoms with E-state index in [1.165, 1.54) is 91.0 Å². The van der Waals surface area contributed by atoms with Crippen LogP contribution >= 0.6 is 0 Å². The summed E-state index contributed by atoms with van der Waals surface area (Å²) in [4.78, 5) is 159. The molecule has 12 bridgehead atoms. The van der Waals surface area contributed by atoms with Gasteiger partial charge in [0.05, 0.1) is 68.9 Å². The number of aromatic amines is 6. The average Bonchev–Trinajstić information content (AvgIpc) is 0.788. The first-order valence-corrected chi connectivity index (χ1v) is 54.6. The number of H-pyrrole nitrogens is 6. The highest BCUT2D eigenvalue weighted by Crippen LogP contribution is 2.33. The molecule has 3 amide bonds. The number of hydrogen-bond donors (Lipinski definition) is 9. The molecule has 0 aliphatic rings. The second-order valence-corrected chi connectivity index (χ2v) is 41.8. The summed E-state index contributed by atoms with van der Waals surface area (Å²) in [6, 6.07) is 21.3. The fraction of sp³-hybridized carbons (Fsp3) is 0.615. The molecule has 0 saturated heterocycles. The van der Waals surface area contributed by atoms with Gasteiger partial charge in [0.1, 0.15) is 74.1 Å². The third-order valence-electron chi connectivity index (χ3n) is 24.7. The van der Waals surface area contributed by atoms with E-state index in [1.54, 1.807) is 0 Å². The molecule has 0 radical (unpaired) electrons. The maximum absolute atomic E-state index is 16.1. The van der Waals surface area contributed by atoms with Crippen LogP contribution in [0.2, 0.25) is 0 Å². The van der Waals surface area contributed by atoms with Gasteiger partial charge in [-0.2, -0.15) is 0 Å². The molecule has 0 spiro atoms. The first-order valence-electron chi connectivity index (χ1n) is 54.6. The molecule has 1 heterocycles. The van der Waals surface area contributed by atoms with Gasteiger partial charge in [0.25, 0.3) is 51.1 Å². The quantitative estimate of drug-likeness (QED) is 0.0160. The van der Waals surface area contributed by atoms with Gasteiger partial charge in [-0.05, 0) is 208 Å². The number of aromatic nitrogens is 6. The van der Waals surface area contributed by atoms with E-state index in [2.05, 4.69) is 150 Å². The lowest BCUT2D eigenvalue weighted by Gasteiger charge is -2.18. The molecule has 0 unspecified atom stereocenters. The van der Waals surface area contributed by atoms with Crippen molar-refractivity contribution >= 4 is 83.1 Å². The molecule has 0 aliphatic heterocycles.